The van der Waals surface area contributed by atoms with Crippen molar-refractivity contribution in [2.24, 2.45) is 0 Å². The Hall–Kier alpha value is -0.330. The average molecular weight is 391 g/mol. The molecule has 0 radical (unpaired) electrons. The zero-order valence-electron chi connectivity index (χ0n) is 11.5. The van der Waals surface area contributed by atoms with Crippen LogP contribution in [0, 0.1) is 0 Å². The second-order valence-corrected chi connectivity index (χ2v) is 7.66. The molecule has 126 valence electrons. The first kappa shape index (κ1) is 24.9. The minimum absolute atomic E-state index is 0. The summed E-state index contributed by atoms with van der Waals surface area (Å²) in [6.07, 6.45) is 1.46. The fraction of sp³-hybridized carbons (Fsp3) is 0.250. The van der Waals surface area contributed by atoms with Crippen molar-refractivity contribution in [2.45, 2.75) is 6.42 Å². The van der Waals surface area contributed by atoms with Gasteiger partial charge in [0.25, 0.3) is 20.2 Å². The molecule has 2 N–H and O–H groups in total. The zero-order valence-corrected chi connectivity index (χ0v) is 14.0. The number of hydrogen-bond donors (Lipinski definition) is 2. The van der Waals surface area contributed by atoms with Crippen molar-refractivity contribution < 1.29 is 25.9 Å². The first-order chi connectivity index (χ1) is 10.2. The Morgan fingerprint density at radius 1 is 0.826 bits per heavy atom. The third kappa shape index (κ3) is 24.1. The normalized spacial score (nSPS) is 10.2. The summed E-state index contributed by atoms with van der Waals surface area (Å²) in [6, 6.07) is 12.0. The Bertz CT molecular complexity index is 599. The number of rotatable bonds is 4. The largest absolute Gasteiger partial charge is 0.253 e. The van der Waals surface area contributed by atoms with E-state index in [2.05, 4.69) is 4.98 Å². The summed E-state index contributed by atoms with van der Waals surface area (Å²) in [5.41, 5.74) is 1.79. The van der Waals surface area contributed by atoms with E-state index in [9.17, 15) is 16.8 Å². The predicted octanol–water partition coefficient (Wildman–Crippen LogP) is 1.33. The van der Waals surface area contributed by atoms with Crippen molar-refractivity contribution >= 4 is 61.1 Å². The summed E-state index contributed by atoms with van der Waals surface area (Å²) in [5.74, 6) is -1.32. The van der Waals surface area contributed by atoms with Crippen LogP contribution >= 0.6 is 11.3 Å². The number of aromatic nitrogens is 1. The van der Waals surface area contributed by atoms with Crippen LogP contribution in [-0.2, 0) is 20.2 Å². The van der Waals surface area contributed by atoms with Crippen molar-refractivity contribution in [2.75, 3.05) is 11.5 Å². The van der Waals surface area contributed by atoms with E-state index in [1.807, 2.05) is 41.8 Å². The van der Waals surface area contributed by atoms with Gasteiger partial charge in [0.2, 0.25) is 0 Å². The Morgan fingerprint density at radius 3 is 1.39 bits per heavy atom. The molecule has 0 aliphatic rings. The maximum Gasteiger partial charge on any atom is 0.0791 e. The van der Waals surface area contributed by atoms with Crippen LogP contribution in [0.5, 0.6) is 0 Å². The quantitative estimate of drug-likeness (QED) is 0.595. The zero-order chi connectivity index (χ0) is 16.9. The molecule has 1 aromatic heterocycles. The standard InChI is InChI=1S/C6H6.C3H3NS.C3H8O6S2.Na.H/c1-2-4-6-5-3-1;1-2-5-3-4-1;4-10(5,6)2-1-3-11(7,8)9;;/h1-6H;1-3H;1-3H2,(H,4,5,6)(H,7,8,9);;. The van der Waals surface area contributed by atoms with E-state index in [1.165, 1.54) is 0 Å². The smallest absolute Gasteiger partial charge is 0.0791 e. The van der Waals surface area contributed by atoms with Crippen molar-refractivity contribution in [1.29, 1.82) is 0 Å². The van der Waals surface area contributed by atoms with Crippen LogP contribution in [0.1, 0.15) is 6.42 Å². The van der Waals surface area contributed by atoms with Gasteiger partial charge in [0, 0.05) is 11.6 Å². The number of nitrogens with zero attached hydrogens (tertiary/aromatic N) is 1. The van der Waals surface area contributed by atoms with Crippen LogP contribution in [0.15, 0.2) is 53.5 Å². The molecule has 7 nitrogen and oxygen atoms in total. The molecule has 2 rings (SSSR count). The van der Waals surface area contributed by atoms with Gasteiger partial charge in [-0.15, -0.1) is 11.3 Å². The van der Waals surface area contributed by atoms with Crippen LogP contribution < -0.4 is 0 Å². The summed E-state index contributed by atoms with van der Waals surface area (Å²) in [7, 11) is -8.24. The molecule has 11 heteroatoms. The molecule has 0 fully saturated rings. The molecule has 0 bridgehead atoms. The van der Waals surface area contributed by atoms with E-state index in [0.717, 1.165) is 0 Å². The molecule has 0 aliphatic heterocycles. The monoisotopic (exact) mass is 391 g/mol. The second kappa shape index (κ2) is 14.1. The van der Waals surface area contributed by atoms with Crippen LogP contribution in [0.2, 0.25) is 0 Å². The minimum Gasteiger partial charge on any atom is -0.253 e. The van der Waals surface area contributed by atoms with E-state index in [0.29, 0.717) is 0 Å². The van der Waals surface area contributed by atoms with Gasteiger partial charge in [0.15, 0.2) is 0 Å². The van der Waals surface area contributed by atoms with E-state index >= 15 is 0 Å². The van der Waals surface area contributed by atoms with Gasteiger partial charge in [-0.25, -0.2) is 0 Å². The second-order valence-electron chi connectivity index (χ2n) is 3.76. The van der Waals surface area contributed by atoms with Crippen molar-refractivity contribution in [3.05, 3.63) is 53.5 Å². The van der Waals surface area contributed by atoms with Crippen molar-refractivity contribution in [1.82, 2.24) is 4.98 Å². The van der Waals surface area contributed by atoms with Crippen LogP contribution in [0.4, 0.5) is 0 Å². The Balaban J connectivity index is 0. The molecule has 0 saturated carbocycles. The molecule has 0 saturated heterocycles. The molecule has 1 heterocycles. The van der Waals surface area contributed by atoms with Crippen molar-refractivity contribution in [3.8, 4) is 0 Å². The maximum atomic E-state index is 10.00. The molecule has 0 spiro atoms. The summed E-state index contributed by atoms with van der Waals surface area (Å²) in [6.45, 7) is 0. The maximum absolute atomic E-state index is 10.00. The molecule has 23 heavy (non-hydrogen) atoms. The molecular weight excluding hydrogens is 373 g/mol. The summed E-state index contributed by atoms with van der Waals surface area (Å²) in [4.78, 5) is 3.74. The predicted molar refractivity (Wildman–Crippen MR) is 93.2 cm³/mol. The molecule has 1 aromatic carbocycles. The van der Waals surface area contributed by atoms with Crippen molar-refractivity contribution in [3.63, 3.8) is 0 Å². The van der Waals surface area contributed by atoms with Gasteiger partial charge in [-0.1, -0.05) is 36.4 Å². The molecule has 0 amide bonds. The van der Waals surface area contributed by atoms with E-state index in [-0.39, 0.29) is 36.0 Å². The third-order valence-electron chi connectivity index (χ3n) is 1.82. The summed E-state index contributed by atoms with van der Waals surface area (Å²) in [5, 5.41) is 1.93. The number of thiazole rings is 1. The van der Waals surface area contributed by atoms with Gasteiger partial charge in [0.1, 0.15) is 0 Å². The molecule has 0 unspecified atom stereocenters. The Kier molecular flexibility index (Phi) is 15.2. The van der Waals surface area contributed by atoms with Gasteiger partial charge in [-0.2, -0.15) is 16.8 Å². The van der Waals surface area contributed by atoms with Gasteiger partial charge >= 0.3 is 29.6 Å². The molecular formula is C12H18NNaO6S3. The SMILES string of the molecule is O=S(=O)(O)CCCS(=O)(=O)O.[NaH].c1ccccc1.c1cscn1. The average Bonchev–Trinajstić information content (AvgIpc) is 2.97. The number of hydrogen-bond acceptors (Lipinski definition) is 6. The van der Waals surface area contributed by atoms with E-state index < -0.39 is 31.7 Å². The molecule has 2 aromatic rings. The first-order valence-corrected chi connectivity index (χ1v) is 10.1. The van der Waals surface area contributed by atoms with Crippen LogP contribution in [-0.4, -0.2) is 72.0 Å². The fourth-order valence-electron chi connectivity index (χ4n) is 0.984. The topological polar surface area (TPSA) is 122 Å². The van der Waals surface area contributed by atoms with Gasteiger partial charge < -0.3 is 0 Å². The number of benzene rings is 1. The fourth-order valence-corrected chi connectivity index (χ4v) is 2.54. The van der Waals surface area contributed by atoms with E-state index in [1.54, 1.807) is 23.0 Å². The Morgan fingerprint density at radius 2 is 1.22 bits per heavy atom. The molecule has 0 atom stereocenters. The first-order valence-electron chi connectivity index (χ1n) is 5.93. The summed E-state index contributed by atoms with van der Waals surface area (Å²) < 4.78 is 56.2. The third-order valence-corrected chi connectivity index (χ3v) is 3.95. The van der Waals surface area contributed by atoms with Crippen LogP contribution in [0.3, 0.4) is 0 Å². The van der Waals surface area contributed by atoms with E-state index in [4.69, 9.17) is 9.11 Å². The van der Waals surface area contributed by atoms with Gasteiger partial charge in [-0.05, 0) is 6.42 Å². The Labute approximate surface area is 162 Å². The minimum atomic E-state index is -4.12. The molecule has 0 aliphatic carbocycles. The van der Waals surface area contributed by atoms with Gasteiger partial charge in [-0.3, -0.25) is 14.1 Å². The van der Waals surface area contributed by atoms with Crippen LogP contribution in [0.25, 0.3) is 0 Å². The summed E-state index contributed by atoms with van der Waals surface area (Å²) >= 11 is 1.60. The van der Waals surface area contributed by atoms with Gasteiger partial charge in [0.05, 0.1) is 17.0 Å².